The molecule has 0 unspecified atom stereocenters. The minimum Gasteiger partial charge on any atom is -0.342 e. The zero-order valence-electron chi connectivity index (χ0n) is 10.1. The third-order valence-electron chi connectivity index (χ3n) is 2.57. The Morgan fingerprint density at radius 3 is 2.74 bits per heavy atom. The molecule has 0 bridgehead atoms. The van der Waals surface area contributed by atoms with Gasteiger partial charge in [0.25, 0.3) is 0 Å². The predicted octanol–water partition coefficient (Wildman–Crippen LogP) is 3.89. The van der Waals surface area contributed by atoms with Crippen LogP contribution in [0.5, 0.6) is 0 Å². The Hall–Kier alpha value is -0.0261. The van der Waals surface area contributed by atoms with Crippen LogP contribution < -0.4 is 5.56 Å². The van der Waals surface area contributed by atoms with Crippen LogP contribution in [0.25, 0.3) is 11.3 Å². The van der Waals surface area contributed by atoms with Crippen molar-refractivity contribution in [2.24, 2.45) is 0 Å². The van der Waals surface area contributed by atoms with Crippen molar-refractivity contribution >= 4 is 27.5 Å². The second-order valence-corrected chi connectivity index (χ2v) is 4.89. The first-order chi connectivity index (χ1) is 8.56. The van der Waals surface area contributed by atoms with E-state index in [9.17, 15) is 9.18 Å². The van der Waals surface area contributed by atoms with Crippen LogP contribution in [0, 0.1) is 11.9 Å². The molecule has 1 aromatic heterocycles. The smallest absolute Gasteiger partial charge is 0.208 e. The van der Waals surface area contributed by atoms with Crippen molar-refractivity contribution < 1.29 is 37.1 Å². The van der Waals surface area contributed by atoms with E-state index in [1.807, 2.05) is 0 Å². The second kappa shape index (κ2) is 7.12. The van der Waals surface area contributed by atoms with Crippen LogP contribution in [0.15, 0.2) is 33.5 Å². The molecule has 6 heteroatoms. The number of rotatable bonds is 2. The maximum absolute atomic E-state index is 13.9. The number of hydrogen-bond donors (Lipinski definition) is 0. The van der Waals surface area contributed by atoms with Gasteiger partial charge in [-0.15, -0.1) is 15.9 Å². The fourth-order valence-corrected chi connectivity index (χ4v) is 2.32. The van der Waals surface area contributed by atoms with Gasteiger partial charge in [-0.05, 0) is 28.0 Å². The molecule has 0 fully saturated rings. The molecule has 19 heavy (non-hydrogen) atoms. The minimum atomic E-state index is -0.470. The van der Waals surface area contributed by atoms with Crippen molar-refractivity contribution in [1.82, 2.24) is 4.57 Å². The van der Waals surface area contributed by atoms with E-state index < -0.39 is 5.82 Å². The molecule has 1 heterocycles. The van der Waals surface area contributed by atoms with Gasteiger partial charge in [-0.1, -0.05) is 29.4 Å². The number of benzene rings is 1. The van der Waals surface area contributed by atoms with E-state index in [4.69, 9.17) is 11.6 Å². The van der Waals surface area contributed by atoms with Gasteiger partial charge >= 0.3 is 0 Å². The summed E-state index contributed by atoms with van der Waals surface area (Å²) < 4.78 is 15.7. The second-order valence-electron chi connectivity index (χ2n) is 3.63. The van der Waals surface area contributed by atoms with Crippen LogP contribution in [-0.2, 0) is 39.3 Å². The third-order valence-corrected chi connectivity index (χ3v) is 3.45. The molecule has 0 saturated carbocycles. The average Bonchev–Trinajstić information content (AvgIpc) is 2.33. The SMILES string of the molecule is CCn1c(-c2c(F)cccc2Cl)[c-]cc(Br)c1=O.[Y]. The van der Waals surface area contributed by atoms with Gasteiger partial charge in [0.15, 0.2) is 0 Å². The summed E-state index contributed by atoms with van der Waals surface area (Å²) in [4.78, 5) is 11.9. The van der Waals surface area contributed by atoms with Gasteiger partial charge in [0.2, 0.25) is 5.56 Å². The molecule has 2 rings (SSSR count). The van der Waals surface area contributed by atoms with E-state index in [0.717, 1.165) is 0 Å². The quantitative estimate of drug-likeness (QED) is 0.679. The van der Waals surface area contributed by atoms with Crippen LogP contribution in [0.2, 0.25) is 5.02 Å². The van der Waals surface area contributed by atoms with Gasteiger partial charge in [-0.2, -0.15) is 12.1 Å². The van der Waals surface area contributed by atoms with Gasteiger partial charge in [-0.3, -0.25) is 4.79 Å². The standard InChI is InChI=1S/C13H9BrClFNO.Y/c1-2-17-11(7-6-8(14)13(17)18)12-9(15)4-3-5-10(12)16;/h3-6H,2H2,1H3;/q-1;. The summed E-state index contributed by atoms with van der Waals surface area (Å²) in [5.41, 5.74) is 0.324. The maximum Gasteiger partial charge on any atom is 0.208 e. The fraction of sp³-hybridized carbons (Fsp3) is 0.154. The molecule has 0 spiro atoms. The fourth-order valence-electron chi connectivity index (χ4n) is 1.73. The van der Waals surface area contributed by atoms with Crippen molar-refractivity contribution in [2.75, 3.05) is 0 Å². The van der Waals surface area contributed by atoms with Gasteiger partial charge in [0.05, 0.1) is 5.82 Å². The van der Waals surface area contributed by atoms with E-state index in [1.54, 1.807) is 13.0 Å². The molecule has 0 aliphatic rings. The largest absolute Gasteiger partial charge is 0.342 e. The molecule has 2 nitrogen and oxygen atoms in total. The van der Waals surface area contributed by atoms with Gasteiger partial charge < -0.3 is 4.57 Å². The van der Waals surface area contributed by atoms with Crippen LogP contribution in [-0.4, -0.2) is 4.57 Å². The van der Waals surface area contributed by atoms with Crippen LogP contribution >= 0.6 is 27.5 Å². The number of hydrogen-bond acceptors (Lipinski definition) is 1. The van der Waals surface area contributed by atoms with Gasteiger partial charge in [0.1, 0.15) is 0 Å². The maximum atomic E-state index is 13.9. The van der Waals surface area contributed by atoms with Crippen molar-refractivity contribution in [3.63, 3.8) is 0 Å². The Labute approximate surface area is 149 Å². The zero-order chi connectivity index (χ0) is 13.3. The van der Waals surface area contributed by atoms with Crippen molar-refractivity contribution in [1.29, 1.82) is 0 Å². The first kappa shape index (κ1) is 17.0. The van der Waals surface area contributed by atoms with E-state index >= 15 is 0 Å². The summed E-state index contributed by atoms with van der Waals surface area (Å²) in [7, 11) is 0. The summed E-state index contributed by atoms with van der Waals surface area (Å²) in [6.07, 6.45) is 0. The molecule has 0 amide bonds. The third kappa shape index (κ3) is 3.35. The van der Waals surface area contributed by atoms with Crippen molar-refractivity contribution in [3.05, 3.63) is 56.0 Å². The monoisotopic (exact) mass is 417 g/mol. The van der Waals surface area contributed by atoms with E-state index in [2.05, 4.69) is 22.0 Å². The normalized spacial score (nSPS) is 10.1. The minimum absolute atomic E-state index is 0. The molecule has 0 atom stereocenters. The molecular formula is C13H9BrClFNOY-. The summed E-state index contributed by atoms with van der Waals surface area (Å²) in [6.45, 7) is 2.22. The van der Waals surface area contributed by atoms with E-state index in [-0.39, 0.29) is 48.9 Å². The molecule has 0 saturated heterocycles. The Balaban J connectivity index is 0.00000180. The topological polar surface area (TPSA) is 22.0 Å². The summed E-state index contributed by atoms with van der Waals surface area (Å²) in [6, 6.07) is 8.78. The number of nitrogens with zero attached hydrogens (tertiary/aromatic N) is 1. The predicted molar refractivity (Wildman–Crippen MR) is 73.3 cm³/mol. The molecule has 2 aromatic rings. The van der Waals surface area contributed by atoms with Gasteiger partial charge in [0, 0.05) is 39.3 Å². The molecule has 0 N–H and O–H groups in total. The first-order valence-electron chi connectivity index (χ1n) is 5.31. The molecule has 0 aliphatic carbocycles. The van der Waals surface area contributed by atoms with Crippen molar-refractivity contribution in [3.8, 4) is 11.3 Å². The Morgan fingerprint density at radius 2 is 2.16 bits per heavy atom. The van der Waals surface area contributed by atoms with E-state index in [1.165, 1.54) is 22.8 Å². The zero-order valence-corrected chi connectivity index (χ0v) is 15.3. The Bertz CT molecular complexity index is 639. The van der Waals surface area contributed by atoms with Crippen LogP contribution in [0.3, 0.4) is 0 Å². The van der Waals surface area contributed by atoms with Crippen LogP contribution in [0.4, 0.5) is 4.39 Å². The molecule has 0 aliphatic heterocycles. The molecule has 1 radical (unpaired) electrons. The Morgan fingerprint density at radius 1 is 1.47 bits per heavy atom. The number of aromatic nitrogens is 1. The molecule has 97 valence electrons. The van der Waals surface area contributed by atoms with Crippen LogP contribution in [0.1, 0.15) is 6.92 Å². The van der Waals surface area contributed by atoms with Gasteiger partial charge in [-0.25, -0.2) is 4.39 Å². The summed E-state index contributed by atoms with van der Waals surface area (Å²) in [5, 5.41) is 0.259. The van der Waals surface area contributed by atoms with E-state index in [0.29, 0.717) is 16.7 Å². The number of pyridine rings is 1. The number of halogens is 3. The summed E-state index contributed by atoms with van der Waals surface area (Å²) in [5.74, 6) is -0.470. The Kier molecular flexibility index (Phi) is 6.38. The first-order valence-corrected chi connectivity index (χ1v) is 6.48. The molecule has 1 aromatic carbocycles. The summed E-state index contributed by atoms with van der Waals surface area (Å²) >= 11 is 9.14. The van der Waals surface area contributed by atoms with Crippen molar-refractivity contribution in [2.45, 2.75) is 13.5 Å². The average molecular weight is 418 g/mol. The molecular weight excluding hydrogens is 409 g/mol.